The summed E-state index contributed by atoms with van der Waals surface area (Å²) in [4.78, 5) is 14.0. The molecule has 1 amide bonds. The Morgan fingerprint density at radius 2 is 1.50 bits per heavy atom. The van der Waals surface area contributed by atoms with Gasteiger partial charge < -0.3 is 9.64 Å². The molecule has 0 N–H and O–H groups in total. The van der Waals surface area contributed by atoms with Gasteiger partial charge in [0, 0.05) is 25.4 Å². The van der Waals surface area contributed by atoms with Gasteiger partial charge in [-0.1, -0.05) is 19.1 Å². The van der Waals surface area contributed by atoms with E-state index in [-0.39, 0.29) is 30.5 Å². The summed E-state index contributed by atoms with van der Waals surface area (Å²) in [6.07, 6.45) is -11.6. The van der Waals surface area contributed by atoms with Gasteiger partial charge in [0.15, 0.2) is 0 Å². The van der Waals surface area contributed by atoms with E-state index in [1.54, 1.807) is 14.0 Å². The molecular formula is C24H24F7NO2. The maximum absolute atomic E-state index is 13.5. The van der Waals surface area contributed by atoms with Gasteiger partial charge in [0.05, 0.1) is 23.3 Å². The Balaban J connectivity index is 1.99. The van der Waals surface area contributed by atoms with Crippen LogP contribution in [0.25, 0.3) is 0 Å². The monoisotopic (exact) mass is 491 g/mol. The standard InChI is InChI=1S/C24H24F7NO2/c1-13-8-21(20(12-32(3)22(13)33)15-4-6-19(25)7-5-15)34-14(2)16-9-17(23(26,27)28)11-18(10-16)24(29,30)31/h4-7,9-11,13-14,20-21H,8,12H2,1-3H3/t13-,14-,20-,21+/m1/s1. The van der Waals surface area contributed by atoms with Crippen molar-refractivity contribution < 1.29 is 40.3 Å². The normalized spacial score (nSPS) is 23.1. The van der Waals surface area contributed by atoms with Crippen LogP contribution < -0.4 is 0 Å². The minimum Gasteiger partial charge on any atom is -0.370 e. The molecule has 0 aromatic heterocycles. The van der Waals surface area contributed by atoms with E-state index in [4.69, 9.17) is 4.74 Å². The van der Waals surface area contributed by atoms with Crippen molar-refractivity contribution in [3.8, 4) is 0 Å². The van der Waals surface area contributed by atoms with E-state index in [0.717, 1.165) is 0 Å². The quantitative estimate of drug-likeness (QED) is 0.452. The molecule has 34 heavy (non-hydrogen) atoms. The van der Waals surface area contributed by atoms with Gasteiger partial charge in [-0.3, -0.25) is 4.79 Å². The molecule has 10 heteroatoms. The Hall–Kier alpha value is -2.62. The molecule has 3 rings (SSSR count). The maximum atomic E-state index is 13.5. The predicted molar refractivity (Wildman–Crippen MR) is 110 cm³/mol. The van der Waals surface area contributed by atoms with Crippen LogP contribution in [0.1, 0.15) is 54.5 Å². The summed E-state index contributed by atoms with van der Waals surface area (Å²) in [5, 5.41) is 0. The fourth-order valence-corrected chi connectivity index (χ4v) is 4.23. The first-order valence-corrected chi connectivity index (χ1v) is 10.6. The Labute approximate surface area is 192 Å². The van der Waals surface area contributed by atoms with Crippen LogP contribution in [0.3, 0.4) is 0 Å². The van der Waals surface area contributed by atoms with Crippen molar-refractivity contribution >= 4 is 5.91 Å². The molecule has 1 saturated heterocycles. The van der Waals surface area contributed by atoms with E-state index in [1.165, 1.54) is 36.1 Å². The lowest BCUT2D eigenvalue weighted by atomic mass is 9.89. The van der Waals surface area contributed by atoms with Gasteiger partial charge in [-0.05, 0) is 54.8 Å². The predicted octanol–water partition coefficient (Wildman–Crippen LogP) is 6.59. The van der Waals surface area contributed by atoms with Crippen LogP contribution in [0.5, 0.6) is 0 Å². The average molecular weight is 491 g/mol. The summed E-state index contributed by atoms with van der Waals surface area (Å²) in [6, 6.07) is 6.90. The molecule has 0 spiro atoms. The van der Waals surface area contributed by atoms with Gasteiger partial charge in [-0.15, -0.1) is 0 Å². The molecular weight excluding hydrogens is 467 g/mol. The molecule has 0 radical (unpaired) electrons. The van der Waals surface area contributed by atoms with E-state index in [1.807, 2.05) is 0 Å². The second kappa shape index (κ2) is 9.56. The number of hydrogen-bond donors (Lipinski definition) is 0. The third-order valence-corrected chi connectivity index (χ3v) is 6.06. The van der Waals surface area contributed by atoms with Gasteiger partial charge in [0.1, 0.15) is 5.82 Å². The largest absolute Gasteiger partial charge is 0.416 e. The highest BCUT2D eigenvalue weighted by Crippen LogP contribution is 2.40. The van der Waals surface area contributed by atoms with Crippen LogP contribution >= 0.6 is 0 Å². The van der Waals surface area contributed by atoms with Crippen molar-refractivity contribution in [2.45, 2.75) is 50.7 Å². The first-order chi connectivity index (χ1) is 15.7. The number of carbonyl (C=O) groups is 1. The molecule has 2 aromatic carbocycles. The highest BCUT2D eigenvalue weighted by atomic mass is 19.4. The lowest BCUT2D eigenvalue weighted by Gasteiger charge is -2.30. The lowest BCUT2D eigenvalue weighted by Crippen LogP contribution is -2.32. The molecule has 1 aliphatic rings. The molecule has 186 valence electrons. The van der Waals surface area contributed by atoms with Crippen LogP contribution in [0.4, 0.5) is 30.7 Å². The van der Waals surface area contributed by atoms with Gasteiger partial charge in [0.25, 0.3) is 0 Å². The maximum Gasteiger partial charge on any atom is 0.416 e. The van der Waals surface area contributed by atoms with Crippen LogP contribution in [-0.2, 0) is 21.9 Å². The second-order valence-electron chi connectivity index (χ2n) is 8.67. The third kappa shape index (κ3) is 5.89. The van der Waals surface area contributed by atoms with Crippen LogP contribution in [0.15, 0.2) is 42.5 Å². The van der Waals surface area contributed by atoms with E-state index >= 15 is 0 Å². The van der Waals surface area contributed by atoms with Crippen LogP contribution in [0.2, 0.25) is 0 Å². The number of amides is 1. The summed E-state index contributed by atoms with van der Waals surface area (Å²) in [6.45, 7) is 3.25. The molecule has 4 atom stereocenters. The summed E-state index contributed by atoms with van der Waals surface area (Å²) in [5.74, 6) is -1.58. The highest BCUT2D eigenvalue weighted by Gasteiger charge is 2.39. The van der Waals surface area contributed by atoms with Crippen LogP contribution in [-0.4, -0.2) is 30.5 Å². The van der Waals surface area contributed by atoms with Gasteiger partial charge in [-0.25, -0.2) is 4.39 Å². The first-order valence-electron chi connectivity index (χ1n) is 10.6. The summed E-state index contributed by atoms with van der Waals surface area (Å²) in [5.41, 5.74) is -2.48. The van der Waals surface area contributed by atoms with E-state index in [9.17, 15) is 35.5 Å². The third-order valence-electron chi connectivity index (χ3n) is 6.06. The number of halogens is 7. The Kier molecular flexibility index (Phi) is 7.31. The number of carbonyl (C=O) groups excluding carboxylic acids is 1. The molecule has 1 heterocycles. The number of nitrogens with zero attached hydrogens (tertiary/aromatic N) is 1. The summed E-state index contributed by atoms with van der Waals surface area (Å²) < 4.78 is 99.2. The molecule has 0 saturated carbocycles. The minimum absolute atomic E-state index is 0.0683. The second-order valence-corrected chi connectivity index (χ2v) is 8.67. The number of hydrogen-bond acceptors (Lipinski definition) is 2. The zero-order chi connectivity index (χ0) is 25.4. The zero-order valence-corrected chi connectivity index (χ0v) is 18.7. The van der Waals surface area contributed by atoms with Crippen molar-refractivity contribution in [1.82, 2.24) is 4.90 Å². The van der Waals surface area contributed by atoms with E-state index in [2.05, 4.69) is 0 Å². The van der Waals surface area contributed by atoms with Crippen molar-refractivity contribution in [2.24, 2.45) is 5.92 Å². The van der Waals surface area contributed by atoms with Crippen molar-refractivity contribution in [1.29, 1.82) is 0 Å². The van der Waals surface area contributed by atoms with Crippen molar-refractivity contribution in [3.63, 3.8) is 0 Å². The molecule has 1 aliphatic heterocycles. The average Bonchev–Trinajstić information content (AvgIpc) is 2.84. The van der Waals surface area contributed by atoms with E-state index < -0.39 is 53.3 Å². The van der Waals surface area contributed by atoms with Gasteiger partial charge >= 0.3 is 12.4 Å². The summed E-state index contributed by atoms with van der Waals surface area (Å²) in [7, 11) is 1.60. The fraction of sp³-hybridized carbons (Fsp3) is 0.458. The minimum atomic E-state index is -4.97. The number of likely N-dealkylation sites (N-methyl/N-ethyl adjacent to an activating group) is 1. The first kappa shape index (κ1) is 26.0. The zero-order valence-electron chi connectivity index (χ0n) is 18.7. The molecule has 0 unspecified atom stereocenters. The number of likely N-dealkylation sites (tertiary alicyclic amines) is 1. The molecule has 0 aliphatic carbocycles. The van der Waals surface area contributed by atoms with Crippen molar-refractivity contribution in [3.05, 3.63) is 70.5 Å². The number of benzene rings is 2. The Morgan fingerprint density at radius 1 is 0.971 bits per heavy atom. The van der Waals surface area contributed by atoms with Crippen LogP contribution in [0, 0.1) is 11.7 Å². The lowest BCUT2D eigenvalue weighted by molar-refractivity contribution is -0.143. The molecule has 1 fully saturated rings. The molecule has 3 nitrogen and oxygen atoms in total. The number of alkyl halides is 6. The topological polar surface area (TPSA) is 29.5 Å². The van der Waals surface area contributed by atoms with Gasteiger partial charge in [-0.2, -0.15) is 26.3 Å². The number of ether oxygens (including phenoxy) is 1. The van der Waals surface area contributed by atoms with Gasteiger partial charge in [0.2, 0.25) is 5.91 Å². The van der Waals surface area contributed by atoms with E-state index in [0.29, 0.717) is 17.7 Å². The smallest absolute Gasteiger partial charge is 0.370 e. The SMILES string of the molecule is C[C@@H]1C[C@H](O[C@H](C)c2cc(C(F)(F)F)cc(C(F)(F)F)c2)[C@@H](c2ccc(F)cc2)CN(C)C1=O. The Morgan fingerprint density at radius 3 is 2.00 bits per heavy atom. The highest BCUT2D eigenvalue weighted by molar-refractivity contribution is 5.78. The fourth-order valence-electron chi connectivity index (χ4n) is 4.23. The molecule has 0 bridgehead atoms. The Bertz CT molecular complexity index is 985. The summed E-state index contributed by atoms with van der Waals surface area (Å²) >= 11 is 0. The van der Waals surface area contributed by atoms with Crippen molar-refractivity contribution in [2.75, 3.05) is 13.6 Å². The number of rotatable bonds is 4. The molecule has 2 aromatic rings.